The fraction of sp³-hybridized carbons (Fsp3) is 0.158. The van der Waals surface area contributed by atoms with Gasteiger partial charge < -0.3 is 4.52 Å². The molecule has 0 aliphatic heterocycles. The standard InChI is InChI=1S/C19H16FN5O/c1-11-8-9-14(10-12(11)2)25-13(3)17(22-24-25)19-21-18(23-26-19)15-6-4-5-7-16(15)20/h4-10H,1-3H3. The van der Waals surface area contributed by atoms with Gasteiger partial charge in [0.15, 0.2) is 5.69 Å². The molecular weight excluding hydrogens is 333 g/mol. The molecule has 130 valence electrons. The molecule has 0 aliphatic carbocycles. The van der Waals surface area contributed by atoms with Crippen LogP contribution in [0.3, 0.4) is 0 Å². The average Bonchev–Trinajstić information content (AvgIpc) is 3.24. The molecule has 0 saturated heterocycles. The first kappa shape index (κ1) is 16.1. The number of aromatic nitrogens is 5. The van der Waals surface area contributed by atoms with Gasteiger partial charge in [-0.1, -0.05) is 28.6 Å². The maximum atomic E-state index is 13.9. The van der Waals surface area contributed by atoms with Crippen molar-refractivity contribution in [2.24, 2.45) is 0 Å². The summed E-state index contributed by atoms with van der Waals surface area (Å²) in [6.07, 6.45) is 0. The van der Waals surface area contributed by atoms with E-state index in [0.717, 1.165) is 11.4 Å². The normalized spacial score (nSPS) is 11.1. The first-order valence-electron chi connectivity index (χ1n) is 8.13. The molecule has 4 aromatic rings. The summed E-state index contributed by atoms with van der Waals surface area (Å²) in [6, 6.07) is 12.3. The number of hydrogen-bond acceptors (Lipinski definition) is 5. The average molecular weight is 349 g/mol. The minimum absolute atomic E-state index is 0.179. The third kappa shape index (κ3) is 2.67. The topological polar surface area (TPSA) is 69.6 Å². The Bertz CT molecular complexity index is 1100. The van der Waals surface area contributed by atoms with E-state index in [1.165, 1.54) is 17.2 Å². The predicted molar refractivity (Wildman–Crippen MR) is 94.3 cm³/mol. The van der Waals surface area contributed by atoms with Gasteiger partial charge in [-0.3, -0.25) is 0 Å². The molecule has 2 heterocycles. The molecular formula is C19H16FN5O. The van der Waals surface area contributed by atoms with E-state index in [9.17, 15) is 4.39 Å². The summed E-state index contributed by atoms with van der Waals surface area (Å²) in [4.78, 5) is 4.28. The minimum Gasteiger partial charge on any atom is -0.332 e. The van der Waals surface area contributed by atoms with Crippen LogP contribution < -0.4 is 0 Å². The van der Waals surface area contributed by atoms with Crippen LogP contribution in [0, 0.1) is 26.6 Å². The van der Waals surface area contributed by atoms with Crippen LogP contribution in [0.4, 0.5) is 4.39 Å². The number of halogens is 1. The summed E-state index contributed by atoms with van der Waals surface area (Å²) in [6.45, 7) is 5.98. The van der Waals surface area contributed by atoms with Crippen molar-refractivity contribution < 1.29 is 8.91 Å². The van der Waals surface area contributed by atoms with E-state index < -0.39 is 5.82 Å². The molecule has 0 N–H and O–H groups in total. The predicted octanol–water partition coefficient (Wildman–Crippen LogP) is 4.05. The summed E-state index contributed by atoms with van der Waals surface area (Å²) < 4.78 is 20.9. The van der Waals surface area contributed by atoms with E-state index in [2.05, 4.69) is 27.4 Å². The lowest BCUT2D eigenvalue weighted by molar-refractivity contribution is 0.430. The van der Waals surface area contributed by atoms with Gasteiger partial charge >= 0.3 is 0 Å². The molecule has 2 aromatic carbocycles. The Hall–Kier alpha value is -3.35. The van der Waals surface area contributed by atoms with E-state index >= 15 is 0 Å². The number of hydrogen-bond donors (Lipinski definition) is 0. The van der Waals surface area contributed by atoms with Crippen molar-refractivity contribution in [1.29, 1.82) is 0 Å². The van der Waals surface area contributed by atoms with Crippen LogP contribution in [0.1, 0.15) is 16.8 Å². The number of aryl methyl sites for hydroxylation is 2. The van der Waals surface area contributed by atoms with Gasteiger partial charge in [0, 0.05) is 0 Å². The van der Waals surface area contributed by atoms with Crippen LogP contribution >= 0.6 is 0 Å². The molecule has 7 heteroatoms. The monoisotopic (exact) mass is 349 g/mol. The largest absolute Gasteiger partial charge is 0.332 e. The fourth-order valence-electron chi connectivity index (χ4n) is 2.70. The van der Waals surface area contributed by atoms with E-state index in [1.54, 1.807) is 22.9 Å². The molecule has 6 nitrogen and oxygen atoms in total. The van der Waals surface area contributed by atoms with Crippen molar-refractivity contribution in [2.75, 3.05) is 0 Å². The SMILES string of the molecule is Cc1ccc(-n2nnc(-c3nc(-c4ccccc4F)no3)c2C)cc1C. The zero-order valence-electron chi connectivity index (χ0n) is 14.6. The fourth-order valence-corrected chi connectivity index (χ4v) is 2.70. The molecule has 26 heavy (non-hydrogen) atoms. The number of nitrogens with zero attached hydrogens (tertiary/aromatic N) is 5. The van der Waals surface area contributed by atoms with Crippen LogP contribution in [0.5, 0.6) is 0 Å². The van der Waals surface area contributed by atoms with Gasteiger partial charge in [-0.2, -0.15) is 4.98 Å². The molecule has 0 saturated carbocycles. The zero-order valence-corrected chi connectivity index (χ0v) is 14.6. The Kier molecular flexibility index (Phi) is 3.84. The lowest BCUT2D eigenvalue weighted by Crippen LogP contribution is -2.00. The van der Waals surface area contributed by atoms with E-state index in [4.69, 9.17) is 4.52 Å². The van der Waals surface area contributed by atoms with Gasteiger partial charge in [0.2, 0.25) is 5.82 Å². The second kappa shape index (κ2) is 6.18. The van der Waals surface area contributed by atoms with Gasteiger partial charge in [0.25, 0.3) is 5.89 Å². The van der Waals surface area contributed by atoms with Crippen LogP contribution in [0.2, 0.25) is 0 Å². The minimum atomic E-state index is -0.407. The van der Waals surface area contributed by atoms with Crippen LogP contribution in [-0.2, 0) is 0 Å². The Morgan fingerprint density at radius 2 is 1.81 bits per heavy atom. The Balaban J connectivity index is 1.73. The quantitative estimate of drug-likeness (QED) is 0.558. The number of rotatable bonds is 3. The van der Waals surface area contributed by atoms with E-state index in [-0.39, 0.29) is 17.3 Å². The van der Waals surface area contributed by atoms with Crippen molar-refractivity contribution in [3.05, 3.63) is 65.1 Å². The van der Waals surface area contributed by atoms with Crippen LogP contribution in [0.15, 0.2) is 47.0 Å². The van der Waals surface area contributed by atoms with Gasteiger partial charge in [-0.05, 0) is 56.2 Å². The zero-order chi connectivity index (χ0) is 18.3. The Morgan fingerprint density at radius 1 is 1.00 bits per heavy atom. The van der Waals surface area contributed by atoms with Gasteiger partial charge in [-0.15, -0.1) is 5.10 Å². The van der Waals surface area contributed by atoms with Crippen molar-refractivity contribution in [3.63, 3.8) is 0 Å². The first-order valence-corrected chi connectivity index (χ1v) is 8.13. The second-order valence-electron chi connectivity index (χ2n) is 6.11. The maximum Gasteiger partial charge on any atom is 0.280 e. The summed E-state index contributed by atoms with van der Waals surface area (Å²) in [5.74, 6) is -0.0237. The molecule has 0 unspecified atom stereocenters. The third-order valence-corrected chi connectivity index (χ3v) is 4.37. The smallest absolute Gasteiger partial charge is 0.280 e. The Morgan fingerprint density at radius 3 is 2.58 bits per heavy atom. The molecule has 2 aromatic heterocycles. The molecule has 0 spiro atoms. The summed E-state index contributed by atoms with van der Waals surface area (Å²) >= 11 is 0. The first-order chi connectivity index (χ1) is 12.5. The van der Waals surface area contributed by atoms with Crippen LogP contribution in [0.25, 0.3) is 28.7 Å². The summed E-state index contributed by atoms with van der Waals surface area (Å²) in [5.41, 5.74) is 4.78. The van der Waals surface area contributed by atoms with Gasteiger partial charge in [0.05, 0.1) is 16.9 Å². The molecule has 0 atom stereocenters. The van der Waals surface area contributed by atoms with Crippen molar-refractivity contribution in [2.45, 2.75) is 20.8 Å². The third-order valence-electron chi connectivity index (χ3n) is 4.37. The van der Waals surface area contributed by atoms with Gasteiger partial charge in [0.1, 0.15) is 5.82 Å². The second-order valence-corrected chi connectivity index (χ2v) is 6.11. The molecule has 0 aliphatic rings. The van der Waals surface area contributed by atoms with Crippen molar-refractivity contribution in [1.82, 2.24) is 25.1 Å². The molecule has 0 amide bonds. The van der Waals surface area contributed by atoms with Crippen molar-refractivity contribution >= 4 is 0 Å². The highest BCUT2D eigenvalue weighted by Gasteiger charge is 2.20. The highest BCUT2D eigenvalue weighted by atomic mass is 19.1. The highest BCUT2D eigenvalue weighted by molar-refractivity contribution is 5.59. The highest BCUT2D eigenvalue weighted by Crippen LogP contribution is 2.26. The number of benzene rings is 2. The van der Waals surface area contributed by atoms with E-state index in [0.29, 0.717) is 5.69 Å². The molecule has 0 radical (unpaired) electrons. The molecule has 0 bridgehead atoms. The summed E-state index contributed by atoms with van der Waals surface area (Å²) in [7, 11) is 0. The molecule has 0 fully saturated rings. The van der Waals surface area contributed by atoms with Gasteiger partial charge in [-0.25, -0.2) is 9.07 Å². The van der Waals surface area contributed by atoms with Crippen molar-refractivity contribution in [3.8, 4) is 28.7 Å². The van der Waals surface area contributed by atoms with E-state index in [1.807, 2.05) is 32.0 Å². The lowest BCUT2D eigenvalue weighted by atomic mass is 10.1. The molecule has 4 rings (SSSR count). The Labute approximate surface area is 149 Å². The van der Waals surface area contributed by atoms with Crippen LogP contribution in [-0.4, -0.2) is 25.1 Å². The lowest BCUT2D eigenvalue weighted by Gasteiger charge is -2.06. The summed E-state index contributed by atoms with van der Waals surface area (Å²) in [5, 5.41) is 12.2. The maximum absolute atomic E-state index is 13.9.